The van der Waals surface area contributed by atoms with Crippen molar-refractivity contribution in [3.8, 4) is 0 Å². The van der Waals surface area contributed by atoms with E-state index in [1.54, 1.807) is 12.1 Å². The van der Waals surface area contributed by atoms with Crippen LogP contribution in [0, 0.1) is 11.6 Å². The number of rotatable bonds is 2. The molecule has 2 aromatic carbocycles. The van der Waals surface area contributed by atoms with E-state index in [0.29, 0.717) is 0 Å². The van der Waals surface area contributed by atoms with Gasteiger partial charge in [0.25, 0.3) is 0 Å². The van der Waals surface area contributed by atoms with Gasteiger partial charge < -0.3 is 5.32 Å². The summed E-state index contributed by atoms with van der Waals surface area (Å²) in [6.07, 6.45) is 1.92. The molecule has 22 heavy (non-hydrogen) atoms. The van der Waals surface area contributed by atoms with Crippen LogP contribution in [0.3, 0.4) is 0 Å². The number of thioether (sulfide) groups is 1. The molecular weight excluding hydrogens is 302 g/mol. The third-order valence-corrected chi connectivity index (χ3v) is 4.54. The predicted molar refractivity (Wildman–Crippen MR) is 87.0 cm³/mol. The van der Waals surface area contributed by atoms with Gasteiger partial charge in [0, 0.05) is 0 Å². The van der Waals surface area contributed by atoms with Crippen molar-refractivity contribution >= 4 is 16.9 Å². The number of hydrogen-bond donors (Lipinski definition) is 1. The number of benzene rings is 2. The van der Waals surface area contributed by atoms with Gasteiger partial charge in [-0.05, 0) is 48.6 Å². The molecule has 2 atom stereocenters. The predicted octanol–water partition coefficient (Wildman–Crippen LogP) is 4.24. The fraction of sp³-hybridized carbons (Fsp3) is 0.235. The van der Waals surface area contributed by atoms with Crippen LogP contribution in [0.1, 0.15) is 24.1 Å². The van der Waals surface area contributed by atoms with E-state index in [1.165, 1.54) is 36.0 Å². The average Bonchev–Trinajstić information content (AvgIpc) is 2.86. The lowest BCUT2D eigenvalue weighted by molar-refractivity contribution is 0.384. The van der Waals surface area contributed by atoms with E-state index in [0.717, 1.165) is 16.3 Å². The van der Waals surface area contributed by atoms with Crippen molar-refractivity contribution in [3.05, 3.63) is 71.3 Å². The minimum absolute atomic E-state index is 0.295. The smallest absolute Gasteiger partial charge is 0.157 e. The van der Waals surface area contributed by atoms with Gasteiger partial charge in [-0.2, -0.15) is 0 Å². The molecule has 5 heteroatoms. The molecule has 1 aliphatic rings. The average molecular weight is 318 g/mol. The van der Waals surface area contributed by atoms with Gasteiger partial charge in [0.2, 0.25) is 0 Å². The number of hydrogen-bond acceptors (Lipinski definition) is 3. The zero-order valence-corrected chi connectivity index (χ0v) is 13.1. The second-order valence-electron chi connectivity index (χ2n) is 5.43. The first-order valence-electron chi connectivity index (χ1n) is 6.94. The summed E-state index contributed by atoms with van der Waals surface area (Å²) < 4.78 is 27.2. The van der Waals surface area contributed by atoms with Crippen LogP contribution in [0.15, 0.2) is 53.5 Å². The van der Waals surface area contributed by atoms with Gasteiger partial charge >= 0.3 is 0 Å². The van der Waals surface area contributed by atoms with Gasteiger partial charge in [0.1, 0.15) is 17.7 Å². The lowest BCUT2D eigenvalue weighted by Crippen LogP contribution is -2.40. The second-order valence-corrected chi connectivity index (χ2v) is 6.23. The van der Waals surface area contributed by atoms with Crippen LogP contribution >= 0.6 is 11.8 Å². The number of nitrogens with one attached hydrogen (secondary N) is 1. The van der Waals surface area contributed by atoms with Crippen LogP contribution in [0.5, 0.6) is 0 Å². The minimum atomic E-state index is -0.617. The van der Waals surface area contributed by atoms with Gasteiger partial charge in [-0.25, -0.2) is 8.78 Å². The highest BCUT2D eigenvalue weighted by atomic mass is 32.2. The first-order valence-corrected chi connectivity index (χ1v) is 8.17. The highest BCUT2D eigenvalue weighted by molar-refractivity contribution is 8.13. The Balaban J connectivity index is 2.09. The summed E-state index contributed by atoms with van der Waals surface area (Å²) in [6.45, 7) is 1.96. The van der Waals surface area contributed by atoms with Crippen molar-refractivity contribution in [1.29, 1.82) is 0 Å². The molecule has 2 nitrogen and oxygen atoms in total. The van der Waals surface area contributed by atoms with Crippen molar-refractivity contribution in [1.82, 2.24) is 5.32 Å². The first-order chi connectivity index (χ1) is 10.5. The van der Waals surface area contributed by atoms with Crippen molar-refractivity contribution in [2.24, 2.45) is 4.99 Å². The molecule has 0 saturated heterocycles. The first kappa shape index (κ1) is 15.0. The minimum Gasteiger partial charge on any atom is -0.353 e. The Kier molecular flexibility index (Phi) is 3.91. The SMILES string of the molecule is CSC1=N[C@H](c2cccc(F)c2)[C@](C)(c2cccc(F)c2)N1. The highest BCUT2D eigenvalue weighted by Crippen LogP contribution is 2.42. The van der Waals surface area contributed by atoms with Crippen LogP contribution < -0.4 is 5.32 Å². The number of halogens is 2. The molecular formula is C17H16F2N2S. The number of nitrogens with zero attached hydrogens (tertiary/aromatic N) is 1. The lowest BCUT2D eigenvalue weighted by atomic mass is 9.82. The van der Waals surface area contributed by atoms with E-state index in [-0.39, 0.29) is 17.7 Å². The molecule has 0 aromatic heterocycles. The Hall–Kier alpha value is -1.88. The fourth-order valence-electron chi connectivity index (χ4n) is 2.80. The molecule has 1 N–H and O–H groups in total. The largest absolute Gasteiger partial charge is 0.353 e. The molecule has 114 valence electrons. The van der Waals surface area contributed by atoms with E-state index < -0.39 is 5.54 Å². The normalized spacial score (nSPS) is 24.0. The van der Waals surface area contributed by atoms with Crippen molar-refractivity contribution in [2.75, 3.05) is 6.26 Å². The summed E-state index contributed by atoms with van der Waals surface area (Å²) in [6, 6.07) is 12.5. The summed E-state index contributed by atoms with van der Waals surface area (Å²) >= 11 is 1.49. The maximum Gasteiger partial charge on any atom is 0.157 e. The Morgan fingerprint density at radius 3 is 2.41 bits per heavy atom. The third-order valence-electron chi connectivity index (χ3n) is 3.94. The highest BCUT2D eigenvalue weighted by Gasteiger charge is 2.42. The Labute approximate surface area is 132 Å². The molecule has 2 aromatic rings. The molecule has 0 aliphatic carbocycles. The van der Waals surface area contributed by atoms with E-state index in [2.05, 4.69) is 10.3 Å². The van der Waals surface area contributed by atoms with Crippen LogP contribution in [-0.2, 0) is 5.54 Å². The zero-order chi connectivity index (χ0) is 15.7. The molecule has 0 fully saturated rings. The van der Waals surface area contributed by atoms with Crippen LogP contribution in [-0.4, -0.2) is 11.4 Å². The zero-order valence-electron chi connectivity index (χ0n) is 12.3. The number of aliphatic imine (C=N–C) groups is 1. The maximum atomic E-state index is 13.6. The van der Waals surface area contributed by atoms with Crippen LogP contribution in [0.2, 0.25) is 0 Å². The standard InChI is InChI=1S/C17H16F2N2S/c1-17(12-6-4-8-14(19)10-12)15(20-16(21-17)22-2)11-5-3-7-13(18)9-11/h3-10,15H,1-2H3,(H,20,21)/t15-,17+/m1/s1. The Bertz CT molecular complexity index is 732. The molecule has 0 bridgehead atoms. The summed E-state index contributed by atoms with van der Waals surface area (Å²) in [7, 11) is 0. The van der Waals surface area contributed by atoms with Crippen molar-refractivity contribution in [2.45, 2.75) is 18.5 Å². The van der Waals surface area contributed by atoms with Gasteiger partial charge in [0.05, 0.1) is 5.54 Å². The Morgan fingerprint density at radius 1 is 1.09 bits per heavy atom. The summed E-state index contributed by atoms with van der Waals surface area (Å²) in [4.78, 5) is 4.66. The van der Waals surface area contributed by atoms with Gasteiger partial charge in [-0.3, -0.25) is 4.99 Å². The second kappa shape index (κ2) is 5.72. The monoisotopic (exact) mass is 318 g/mol. The molecule has 3 rings (SSSR count). The summed E-state index contributed by atoms with van der Waals surface area (Å²) in [5, 5.41) is 4.12. The van der Waals surface area contributed by atoms with E-state index in [1.807, 2.05) is 25.3 Å². The van der Waals surface area contributed by atoms with E-state index in [4.69, 9.17) is 0 Å². The van der Waals surface area contributed by atoms with Gasteiger partial charge in [-0.1, -0.05) is 36.0 Å². The molecule has 1 heterocycles. The molecule has 0 spiro atoms. The van der Waals surface area contributed by atoms with Crippen LogP contribution in [0.4, 0.5) is 8.78 Å². The van der Waals surface area contributed by atoms with E-state index >= 15 is 0 Å². The summed E-state index contributed by atoms with van der Waals surface area (Å²) in [5.74, 6) is -0.594. The third kappa shape index (κ3) is 2.61. The summed E-state index contributed by atoms with van der Waals surface area (Å²) in [5.41, 5.74) is 0.937. The quantitative estimate of drug-likeness (QED) is 0.895. The molecule has 0 radical (unpaired) electrons. The fourth-order valence-corrected chi connectivity index (χ4v) is 3.32. The number of amidine groups is 1. The lowest BCUT2D eigenvalue weighted by Gasteiger charge is -2.32. The van der Waals surface area contributed by atoms with Crippen molar-refractivity contribution in [3.63, 3.8) is 0 Å². The van der Waals surface area contributed by atoms with Crippen molar-refractivity contribution < 1.29 is 8.78 Å². The Morgan fingerprint density at radius 2 is 1.77 bits per heavy atom. The van der Waals surface area contributed by atoms with Gasteiger partial charge in [0.15, 0.2) is 5.17 Å². The topological polar surface area (TPSA) is 24.4 Å². The van der Waals surface area contributed by atoms with Gasteiger partial charge in [-0.15, -0.1) is 0 Å². The van der Waals surface area contributed by atoms with Crippen LogP contribution in [0.25, 0.3) is 0 Å². The molecule has 0 saturated carbocycles. The molecule has 0 amide bonds. The molecule has 0 unspecified atom stereocenters. The molecule has 1 aliphatic heterocycles. The maximum absolute atomic E-state index is 13.6. The van der Waals surface area contributed by atoms with E-state index in [9.17, 15) is 8.78 Å².